The minimum atomic E-state index is 0.839. The molecule has 0 aromatic rings. The van der Waals surface area contributed by atoms with Crippen LogP contribution in [0.4, 0.5) is 0 Å². The lowest BCUT2D eigenvalue weighted by atomic mass is 10.0. The number of hydrogen-bond acceptors (Lipinski definition) is 2. The highest BCUT2D eigenvalue weighted by atomic mass is 15.2. The third kappa shape index (κ3) is 3.97. The molecule has 1 aliphatic rings. The molecule has 0 bridgehead atoms. The van der Waals surface area contributed by atoms with Crippen LogP contribution in [0.1, 0.15) is 40.0 Å². The fourth-order valence-electron chi connectivity index (χ4n) is 2.19. The first-order valence-electron chi connectivity index (χ1n) is 6.18. The van der Waals surface area contributed by atoms with Gasteiger partial charge in [-0.1, -0.05) is 20.8 Å². The van der Waals surface area contributed by atoms with Gasteiger partial charge in [-0.3, -0.25) is 0 Å². The quantitative estimate of drug-likeness (QED) is 0.728. The highest BCUT2D eigenvalue weighted by Crippen LogP contribution is 2.13. The predicted octanol–water partition coefficient (Wildman–Crippen LogP) is 2.11. The van der Waals surface area contributed by atoms with Gasteiger partial charge in [-0.25, -0.2) is 0 Å². The minimum Gasteiger partial charge on any atom is -0.317 e. The van der Waals surface area contributed by atoms with E-state index in [2.05, 4.69) is 31.0 Å². The Labute approximate surface area is 89.1 Å². The number of piperidine rings is 1. The normalized spacial score (nSPS) is 19.5. The number of nitrogens with one attached hydrogen (secondary N) is 1. The van der Waals surface area contributed by atoms with Crippen molar-refractivity contribution in [1.82, 2.24) is 10.2 Å². The molecule has 0 aliphatic carbocycles. The van der Waals surface area contributed by atoms with Gasteiger partial charge in [-0.15, -0.1) is 0 Å². The van der Waals surface area contributed by atoms with Gasteiger partial charge in [-0.05, 0) is 51.4 Å². The first-order valence-corrected chi connectivity index (χ1v) is 6.18. The monoisotopic (exact) mass is 198 g/mol. The maximum atomic E-state index is 3.43. The summed E-state index contributed by atoms with van der Waals surface area (Å²) in [4.78, 5) is 2.67. The lowest BCUT2D eigenvalue weighted by Crippen LogP contribution is -2.43. The molecule has 0 spiro atoms. The van der Waals surface area contributed by atoms with Crippen LogP contribution in [-0.4, -0.2) is 37.1 Å². The van der Waals surface area contributed by atoms with Crippen LogP contribution < -0.4 is 5.32 Å². The average molecular weight is 198 g/mol. The van der Waals surface area contributed by atoms with Gasteiger partial charge in [0.1, 0.15) is 0 Å². The lowest BCUT2D eigenvalue weighted by molar-refractivity contribution is 0.162. The molecule has 1 saturated heterocycles. The molecule has 1 rings (SSSR count). The van der Waals surface area contributed by atoms with Crippen LogP contribution in [0, 0.1) is 5.92 Å². The van der Waals surface area contributed by atoms with Crippen molar-refractivity contribution in [2.75, 3.05) is 26.2 Å². The molecule has 1 fully saturated rings. The molecule has 0 aromatic carbocycles. The molecule has 0 amide bonds. The second kappa shape index (κ2) is 6.41. The topological polar surface area (TPSA) is 15.3 Å². The summed E-state index contributed by atoms with van der Waals surface area (Å²) in [5.74, 6) is 0.839. The highest BCUT2D eigenvalue weighted by Gasteiger charge is 2.19. The third-order valence-electron chi connectivity index (χ3n) is 3.22. The van der Waals surface area contributed by atoms with Crippen LogP contribution in [0.2, 0.25) is 0 Å². The standard InChI is InChI=1S/C12H26N2/c1-4-14(10-7-11(2)3)12-5-8-13-9-6-12/h11-13H,4-10H2,1-3H3. The van der Waals surface area contributed by atoms with Crippen LogP contribution in [0.3, 0.4) is 0 Å². The zero-order valence-electron chi connectivity index (χ0n) is 10.1. The van der Waals surface area contributed by atoms with Crippen LogP contribution >= 0.6 is 0 Å². The summed E-state index contributed by atoms with van der Waals surface area (Å²) in [6.45, 7) is 11.9. The smallest absolute Gasteiger partial charge is 0.0119 e. The number of rotatable bonds is 5. The van der Waals surface area contributed by atoms with E-state index in [4.69, 9.17) is 0 Å². The van der Waals surface area contributed by atoms with Crippen LogP contribution in [0.5, 0.6) is 0 Å². The summed E-state index contributed by atoms with van der Waals surface area (Å²) in [5, 5.41) is 3.43. The van der Waals surface area contributed by atoms with Crippen LogP contribution in [-0.2, 0) is 0 Å². The molecule has 1 aliphatic heterocycles. The zero-order chi connectivity index (χ0) is 10.4. The summed E-state index contributed by atoms with van der Waals surface area (Å²) in [6, 6.07) is 0.847. The zero-order valence-corrected chi connectivity index (χ0v) is 10.1. The Morgan fingerprint density at radius 2 is 1.93 bits per heavy atom. The Bertz CT molecular complexity index is 139. The minimum absolute atomic E-state index is 0.839. The second-order valence-electron chi connectivity index (χ2n) is 4.79. The van der Waals surface area contributed by atoms with Gasteiger partial charge >= 0.3 is 0 Å². The maximum Gasteiger partial charge on any atom is 0.0119 e. The van der Waals surface area contributed by atoms with Crippen LogP contribution in [0.25, 0.3) is 0 Å². The molecule has 0 atom stereocenters. The molecule has 0 unspecified atom stereocenters. The highest BCUT2D eigenvalue weighted by molar-refractivity contribution is 4.77. The molecular weight excluding hydrogens is 172 g/mol. The van der Waals surface area contributed by atoms with Gasteiger partial charge in [0, 0.05) is 6.04 Å². The fraction of sp³-hybridized carbons (Fsp3) is 1.00. The van der Waals surface area contributed by atoms with E-state index in [9.17, 15) is 0 Å². The van der Waals surface area contributed by atoms with E-state index in [0.717, 1.165) is 12.0 Å². The summed E-state index contributed by atoms with van der Waals surface area (Å²) < 4.78 is 0. The van der Waals surface area contributed by atoms with E-state index >= 15 is 0 Å². The first-order chi connectivity index (χ1) is 6.74. The molecule has 1 N–H and O–H groups in total. The van der Waals surface area contributed by atoms with Crippen molar-refractivity contribution in [3.63, 3.8) is 0 Å². The third-order valence-corrected chi connectivity index (χ3v) is 3.22. The number of hydrogen-bond donors (Lipinski definition) is 1. The van der Waals surface area contributed by atoms with E-state index in [1.807, 2.05) is 0 Å². The van der Waals surface area contributed by atoms with Crippen molar-refractivity contribution >= 4 is 0 Å². The molecule has 14 heavy (non-hydrogen) atoms. The molecule has 0 radical (unpaired) electrons. The van der Waals surface area contributed by atoms with Gasteiger partial charge in [0.25, 0.3) is 0 Å². The van der Waals surface area contributed by atoms with Crippen molar-refractivity contribution in [2.45, 2.75) is 46.1 Å². The van der Waals surface area contributed by atoms with Gasteiger partial charge in [-0.2, -0.15) is 0 Å². The van der Waals surface area contributed by atoms with E-state index in [1.54, 1.807) is 0 Å². The Morgan fingerprint density at radius 3 is 2.43 bits per heavy atom. The van der Waals surface area contributed by atoms with Crippen molar-refractivity contribution in [1.29, 1.82) is 0 Å². The molecular formula is C12H26N2. The van der Waals surface area contributed by atoms with Crippen molar-refractivity contribution < 1.29 is 0 Å². The average Bonchev–Trinajstić information content (AvgIpc) is 2.20. The Kier molecular flexibility index (Phi) is 5.49. The number of nitrogens with zero attached hydrogens (tertiary/aromatic N) is 1. The van der Waals surface area contributed by atoms with Gasteiger partial charge in [0.15, 0.2) is 0 Å². The van der Waals surface area contributed by atoms with Gasteiger partial charge < -0.3 is 10.2 Å². The van der Waals surface area contributed by atoms with E-state index in [0.29, 0.717) is 0 Å². The molecule has 2 nitrogen and oxygen atoms in total. The molecule has 84 valence electrons. The van der Waals surface area contributed by atoms with E-state index in [-0.39, 0.29) is 0 Å². The molecule has 2 heteroatoms. The summed E-state index contributed by atoms with van der Waals surface area (Å²) in [5.41, 5.74) is 0. The van der Waals surface area contributed by atoms with Crippen molar-refractivity contribution in [2.24, 2.45) is 5.92 Å². The summed E-state index contributed by atoms with van der Waals surface area (Å²) in [7, 11) is 0. The first kappa shape index (κ1) is 12.0. The van der Waals surface area contributed by atoms with Gasteiger partial charge in [0.05, 0.1) is 0 Å². The predicted molar refractivity (Wildman–Crippen MR) is 62.6 cm³/mol. The fourth-order valence-corrected chi connectivity index (χ4v) is 2.19. The maximum absolute atomic E-state index is 3.43. The Hall–Kier alpha value is -0.0800. The Morgan fingerprint density at radius 1 is 1.29 bits per heavy atom. The Balaban J connectivity index is 2.28. The molecule has 0 saturated carbocycles. The van der Waals surface area contributed by atoms with Crippen molar-refractivity contribution in [3.05, 3.63) is 0 Å². The summed E-state index contributed by atoms with van der Waals surface area (Å²) in [6.07, 6.45) is 4.02. The lowest BCUT2D eigenvalue weighted by Gasteiger charge is -2.34. The SMILES string of the molecule is CCN(CCC(C)C)C1CCNCC1. The van der Waals surface area contributed by atoms with E-state index < -0.39 is 0 Å². The molecule has 0 aromatic heterocycles. The second-order valence-corrected chi connectivity index (χ2v) is 4.79. The van der Waals surface area contributed by atoms with Crippen LogP contribution in [0.15, 0.2) is 0 Å². The largest absolute Gasteiger partial charge is 0.317 e. The summed E-state index contributed by atoms with van der Waals surface area (Å²) >= 11 is 0. The van der Waals surface area contributed by atoms with Gasteiger partial charge in [0.2, 0.25) is 0 Å². The van der Waals surface area contributed by atoms with Crippen molar-refractivity contribution in [3.8, 4) is 0 Å². The van der Waals surface area contributed by atoms with E-state index in [1.165, 1.54) is 45.4 Å². The molecule has 1 heterocycles.